The first-order chi connectivity index (χ1) is 9.41. The topological polar surface area (TPSA) is 80.9 Å². The number of carboxylic acids is 1. The summed E-state index contributed by atoms with van der Waals surface area (Å²) in [6, 6.07) is 4.15. The van der Waals surface area contributed by atoms with Gasteiger partial charge < -0.3 is 5.11 Å². The number of hydrogen-bond acceptors (Lipinski definition) is 4. The molecule has 1 heterocycles. The summed E-state index contributed by atoms with van der Waals surface area (Å²) in [4.78, 5) is 11.5. The first-order valence-corrected chi connectivity index (χ1v) is 6.26. The fourth-order valence-electron chi connectivity index (χ4n) is 1.78. The van der Waals surface area contributed by atoms with E-state index in [4.69, 9.17) is 11.6 Å². The molecule has 1 aromatic heterocycles. The molecule has 8 heteroatoms. The molecule has 0 saturated heterocycles. The van der Waals surface area contributed by atoms with Crippen LogP contribution in [0.2, 0.25) is 5.02 Å². The number of aliphatic carboxylic acids is 1. The Morgan fingerprint density at radius 3 is 2.80 bits per heavy atom. The van der Waals surface area contributed by atoms with E-state index in [-0.39, 0.29) is 22.8 Å². The van der Waals surface area contributed by atoms with Crippen LogP contribution >= 0.6 is 11.6 Å². The molecule has 0 aliphatic heterocycles. The van der Waals surface area contributed by atoms with Crippen molar-refractivity contribution < 1.29 is 14.3 Å². The van der Waals surface area contributed by atoms with Gasteiger partial charge in [0.05, 0.1) is 10.6 Å². The predicted octanol–water partition coefficient (Wildman–Crippen LogP) is 2.34. The van der Waals surface area contributed by atoms with Gasteiger partial charge in [-0.25, -0.2) is 13.9 Å². The molecule has 0 bridgehead atoms. The second-order valence-corrected chi connectivity index (χ2v) is 4.85. The highest BCUT2D eigenvalue weighted by Crippen LogP contribution is 2.32. The summed E-state index contributed by atoms with van der Waals surface area (Å²) in [5, 5.41) is 20.3. The van der Waals surface area contributed by atoms with Gasteiger partial charge in [0.15, 0.2) is 11.4 Å². The van der Waals surface area contributed by atoms with E-state index in [1.807, 2.05) is 0 Å². The highest BCUT2D eigenvalue weighted by Gasteiger charge is 2.38. The molecule has 0 radical (unpaired) electrons. The average Bonchev–Trinajstić information content (AvgIpc) is 2.87. The van der Waals surface area contributed by atoms with E-state index in [0.717, 1.165) is 4.68 Å². The third-order valence-corrected chi connectivity index (χ3v) is 3.59. The minimum Gasteiger partial charge on any atom is -0.479 e. The summed E-state index contributed by atoms with van der Waals surface area (Å²) in [5.74, 6) is -1.74. The van der Waals surface area contributed by atoms with Crippen molar-refractivity contribution in [3.8, 4) is 11.4 Å². The highest BCUT2D eigenvalue weighted by molar-refractivity contribution is 6.33. The summed E-state index contributed by atoms with van der Waals surface area (Å²) in [5.41, 5.74) is -1.40. The van der Waals surface area contributed by atoms with E-state index < -0.39 is 17.3 Å². The lowest BCUT2D eigenvalue weighted by molar-refractivity contribution is -0.147. The first kappa shape index (κ1) is 14.4. The maximum Gasteiger partial charge on any atom is 0.331 e. The summed E-state index contributed by atoms with van der Waals surface area (Å²) in [6.45, 7) is 3.15. The van der Waals surface area contributed by atoms with E-state index in [9.17, 15) is 14.3 Å². The molecule has 0 saturated carbocycles. The Morgan fingerprint density at radius 1 is 1.55 bits per heavy atom. The van der Waals surface area contributed by atoms with Crippen molar-refractivity contribution in [1.82, 2.24) is 20.2 Å². The lowest BCUT2D eigenvalue weighted by Crippen LogP contribution is -2.39. The lowest BCUT2D eigenvalue weighted by atomic mass is 9.99. The Hall–Kier alpha value is -2.02. The molecule has 0 spiro atoms. The minimum absolute atomic E-state index is 0.0138. The van der Waals surface area contributed by atoms with Crippen molar-refractivity contribution in [2.45, 2.75) is 25.8 Å². The molecule has 6 nitrogen and oxygen atoms in total. The number of carbonyl (C=O) groups is 1. The molecule has 1 unspecified atom stereocenters. The van der Waals surface area contributed by atoms with Crippen LogP contribution < -0.4 is 0 Å². The van der Waals surface area contributed by atoms with Crippen LogP contribution in [0.15, 0.2) is 18.2 Å². The zero-order chi connectivity index (χ0) is 14.9. The molecule has 0 aliphatic carbocycles. The third kappa shape index (κ3) is 2.14. The molecule has 1 aromatic carbocycles. The number of tetrazole rings is 1. The van der Waals surface area contributed by atoms with Crippen molar-refractivity contribution in [3.05, 3.63) is 29.0 Å². The molecule has 0 amide bonds. The normalized spacial score (nSPS) is 14.0. The number of benzene rings is 1. The van der Waals surface area contributed by atoms with Crippen molar-refractivity contribution >= 4 is 17.6 Å². The van der Waals surface area contributed by atoms with E-state index in [2.05, 4.69) is 15.5 Å². The van der Waals surface area contributed by atoms with E-state index in [1.54, 1.807) is 6.92 Å². The van der Waals surface area contributed by atoms with Gasteiger partial charge in [-0.15, -0.1) is 5.10 Å². The summed E-state index contributed by atoms with van der Waals surface area (Å²) in [7, 11) is 0. The zero-order valence-corrected chi connectivity index (χ0v) is 11.6. The number of rotatable bonds is 4. The maximum absolute atomic E-state index is 13.9. The predicted molar refractivity (Wildman–Crippen MR) is 69.8 cm³/mol. The quantitative estimate of drug-likeness (QED) is 0.937. The van der Waals surface area contributed by atoms with Crippen molar-refractivity contribution in [2.75, 3.05) is 0 Å². The largest absolute Gasteiger partial charge is 0.479 e. The Morgan fingerprint density at radius 2 is 2.25 bits per heavy atom. The number of aromatic nitrogens is 4. The summed E-state index contributed by atoms with van der Waals surface area (Å²) >= 11 is 5.97. The summed E-state index contributed by atoms with van der Waals surface area (Å²) in [6.07, 6.45) is 0.229. The Labute approximate surface area is 119 Å². The third-order valence-electron chi connectivity index (χ3n) is 3.27. The van der Waals surface area contributed by atoms with Crippen molar-refractivity contribution in [1.29, 1.82) is 0 Å². The SMILES string of the molecule is CCC(C)(C(=O)O)n1nnnc1-c1c(F)cccc1Cl. The fraction of sp³-hybridized carbons (Fsp3) is 0.333. The molecule has 0 fully saturated rings. The van der Waals surface area contributed by atoms with Crippen LogP contribution in [-0.2, 0) is 10.3 Å². The van der Waals surface area contributed by atoms with Crippen LogP contribution in [0.4, 0.5) is 4.39 Å². The summed E-state index contributed by atoms with van der Waals surface area (Å²) < 4.78 is 15.0. The molecule has 0 aliphatic rings. The second-order valence-electron chi connectivity index (χ2n) is 4.44. The van der Waals surface area contributed by atoms with E-state index >= 15 is 0 Å². The van der Waals surface area contributed by atoms with Crippen LogP contribution in [0.5, 0.6) is 0 Å². The zero-order valence-electron chi connectivity index (χ0n) is 10.8. The fourth-order valence-corrected chi connectivity index (χ4v) is 2.03. The first-order valence-electron chi connectivity index (χ1n) is 5.88. The molecular weight excluding hydrogens is 287 g/mol. The molecule has 2 aromatic rings. The van der Waals surface area contributed by atoms with Crippen LogP contribution in [-0.4, -0.2) is 31.3 Å². The van der Waals surface area contributed by atoms with Gasteiger partial charge in [-0.1, -0.05) is 24.6 Å². The van der Waals surface area contributed by atoms with Crippen molar-refractivity contribution in [2.24, 2.45) is 0 Å². The molecule has 20 heavy (non-hydrogen) atoms. The van der Waals surface area contributed by atoms with Crippen LogP contribution in [0.25, 0.3) is 11.4 Å². The molecule has 1 atom stereocenters. The van der Waals surface area contributed by atoms with Crippen LogP contribution in [0, 0.1) is 5.82 Å². The molecule has 106 valence electrons. The Bertz CT molecular complexity index is 640. The second kappa shape index (κ2) is 5.16. The van der Waals surface area contributed by atoms with Crippen LogP contribution in [0.1, 0.15) is 20.3 Å². The van der Waals surface area contributed by atoms with Gasteiger partial charge in [0.1, 0.15) is 5.82 Å². The van der Waals surface area contributed by atoms with Crippen LogP contribution in [0.3, 0.4) is 0 Å². The van der Waals surface area contributed by atoms with E-state index in [1.165, 1.54) is 25.1 Å². The number of carboxylic acid groups (broad SMARTS) is 1. The van der Waals surface area contributed by atoms with Gasteiger partial charge in [-0.3, -0.25) is 0 Å². The van der Waals surface area contributed by atoms with Gasteiger partial charge in [-0.2, -0.15) is 0 Å². The molecular formula is C12H12ClFN4O2. The van der Waals surface area contributed by atoms with Gasteiger partial charge in [0.2, 0.25) is 0 Å². The van der Waals surface area contributed by atoms with Gasteiger partial charge in [0.25, 0.3) is 0 Å². The maximum atomic E-state index is 13.9. The standard InChI is InChI=1S/C12H12ClFN4O2/c1-3-12(2,11(19)20)18-10(15-16-17-18)9-7(13)5-4-6-8(9)14/h4-6H,3H2,1-2H3,(H,19,20). The Balaban J connectivity index is 2.68. The number of nitrogens with zero attached hydrogens (tertiary/aromatic N) is 4. The lowest BCUT2D eigenvalue weighted by Gasteiger charge is -2.24. The van der Waals surface area contributed by atoms with E-state index in [0.29, 0.717) is 0 Å². The van der Waals surface area contributed by atoms with Gasteiger partial charge in [-0.05, 0) is 35.9 Å². The number of halogens is 2. The Kier molecular flexibility index (Phi) is 3.71. The highest BCUT2D eigenvalue weighted by atomic mass is 35.5. The molecule has 2 rings (SSSR count). The van der Waals surface area contributed by atoms with Gasteiger partial charge >= 0.3 is 5.97 Å². The van der Waals surface area contributed by atoms with Gasteiger partial charge in [0, 0.05) is 0 Å². The smallest absolute Gasteiger partial charge is 0.331 e. The monoisotopic (exact) mass is 298 g/mol. The minimum atomic E-state index is -1.38. The number of hydrogen-bond donors (Lipinski definition) is 1. The molecule has 1 N–H and O–H groups in total. The average molecular weight is 299 g/mol. The van der Waals surface area contributed by atoms with Crippen molar-refractivity contribution in [3.63, 3.8) is 0 Å².